The van der Waals surface area contributed by atoms with E-state index in [9.17, 15) is 4.79 Å². The number of halogens is 1. The third-order valence-corrected chi connectivity index (χ3v) is 3.30. The summed E-state index contributed by atoms with van der Waals surface area (Å²) >= 11 is 3.37. The zero-order chi connectivity index (χ0) is 13.8. The first-order valence-electron chi connectivity index (χ1n) is 6.14. The fraction of sp³-hybridized carbons (Fsp3) is 0.286. The number of aromatic nitrogens is 2. The average Bonchev–Trinajstić information content (AvgIpc) is 2.40. The summed E-state index contributed by atoms with van der Waals surface area (Å²) < 4.78 is 2.47. The van der Waals surface area contributed by atoms with Gasteiger partial charge in [0.15, 0.2) is 0 Å². The van der Waals surface area contributed by atoms with Gasteiger partial charge in [-0.2, -0.15) is 0 Å². The summed E-state index contributed by atoms with van der Waals surface area (Å²) in [6, 6.07) is 5.51. The molecule has 0 aliphatic carbocycles. The highest BCUT2D eigenvalue weighted by Gasteiger charge is 2.05. The Balaban J connectivity index is 2.32. The Morgan fingerprint density at radius 2 is 2.32 bits per heavy atom. The van der Waals surface area contributed by atoms with Gasteiger partial charge in [0.2, 0.25) is 0 Å². The monoisotopic (exact) mass is 321 g/mol. The molecule has 0 bridgehead atoms. The van der Waals surface area contributed by atoms with Crippen molar-refractivity contribution in [2.45, 2.75) is 13.5 Å². The van der Waals surface area contributed by atoms with Gasteiger partial charge in [0.25, 0.3) is 5.56 Å². The number of hydrogen-bond donors (Lipinski definition) is 1. The molecule has 0 fully saturated rings. The first-order chi connectivity index (χ1) is 9.11. The van der Waals surface area contributed by atoms with E-state index in [2.05, 4.69) is 32.8 Å². The maximum absolute atomic E-state index is 12.3. The minimum atomic E-state index is -0.0380. The molecule has 4 nitrogen and oxygen atoms in total. The van der Waals surface area contributed by atoms with Crippen LogP contribution in [-0.4, -0.2) is 22.6 Å². The third-order valence-electron chi connectivity index (χ3n) is 2.81. The van der Waals surface area contributed by atoms with Crippen LogP contribution in [0.5, 0.6) is 0 Å². The van der Waals surface area contributed by atoms with Crippen LogP contribution in [0.25, 0.3) is 10.9 Å². The Bertz CT molecular complexity index is 663. The molecule has 0 saturated carbocycles. The molecular formula is C14H16BrN3O. The van der Waals surface area contributed by atoms with Gasteiger partial charge in [-0.3, -0.25) is 9.36 Å². The van der Waals surface area contributed by atoms with Crippen molar-refractivity contribution >= 4 is 26.8 Å². The van der Waals surface area contributed by atoms with Gasteiger partial charge in [0.05, 0.1) is 17.2 Å². The number of fused-ring (bicyclic) bond motifs is 1. The van der Waals surface area contributed by atoms with E-state index in [1.807, 2.05) is 19.1 Å². The first-order valence-corrected chi connectivity index (χ1v) is 6.93. The third kappa shape index (κ3) is 3.30. The highest BCUT2D eigenvalue weighted by Crippen LogP contribution is 2.14. The van der Waals surface area contributed by atoms with Gasteiger partial charge in [0.1, 0.15) is 0 Å². The van der Waals surface area contributed by atoms with Crippen LogP contribution in [0.4, 0.5) is 0 Å². The lowest BCUT2D eigenvalue weighted by atomic mass is 10.2. The molecule has 5 heteroatoms. The van der Waals surface area contributed by atoms with Gasteiger partial charge in [-0.05, 0) is 30.3 Å². The summed E-state index contributed by atoms with van der Waals surface area (Å²) in [5.74, 6) is 0. The van der Waals surface area contributed by atoms with Crippen LogP contribution < -0.4 is 10.9 Å². The molecule has 0 unspecified atom stereocenters. The molecule has 0 radical (unpaired) electrons. The number of nitrogens with one attached hydrogen (secondary N) is 1. The van der Waals surface area contributed by atoms with Crippen molar-refractivity contribution < 1.29 is 0 Å². The van der Waals surface area contributed by atoms with E-state index in [1.54, 1.807) is 17.0 Å². The fourth-order valence-corrected chi connectivity index (χ4v) is 2.20. The average molecular weight is 322 g/mol. The SMILES string of the molecule is C=C(CNCC)Cn1cnc2ccc(Br)cc2c1=O. The smallest absolute Gasteiger partial charge is 0.261 e. The molecule has 0 aliphatic heterocycles. The summed E-state index contributed by atoms with van der Waals surface area (Å²) in [7, 11) is 0. The van der Waals surface area contributed by atoms with Crippen LogP contribution in [0.15, 0.2) is 45.9 Å². The van der Waals surface area contributed by atoms with Gasteiger partial charge < -0.3 is 5.32 Å². The lowest BCUT2D eigenvalue weighted by Gasteiger charge is -2.09. The number of benzene rings is 1. The van der Waals surface area contributed by atoms with Gasteiger partial charge in [-0.1, -0.05) is 29.4 Å². The Labute approximate surface area is 120 Å². The molecule has 1 aromatic carbocycles. The van der Waals surface area contributed by atoms with Crippen LogP contribution in [0.1, 0.15) is 6.92 Å². The van der Waals surface area contributed by atoms with E-state index in [-0.39, 0.29) is 5.56 Å². The molecule has 19 heavy (non-hydrogen) atoms. The molecule has 1 heterocycles. The Morgan fingerprint density at radius 1 is 1.53 bits per heavy atom. The van der Waals surface area contributed by atoms with Crippen LogP contribution >= 0.6 is 15.9 Å². The summed E-state index contributed by atoms with van der Waals surface area (Å²) in [6.07, 6.45) is 1.58. The normalized spacial score (nSPS) is 10.8. The molecule has 2 rings (SSSR count). The second-order valence-corrected chi connectivity index (χ2v) is 5.29. The second kappa shape index (κ2) is 6.12. The van der Waals surface area contributed by atoms with Crippen molar-refractivity contribution in [1.82, 2.24) is 14.9 Å². The maximum atomic E-state index is 12.3. The first kappa shape index (κ1) is 14.0. The Morgan fingerprint density at radius 3 is 3.05 bits per heavy atom. The Kier molecular flexibility index (Phi) is 4.50. The molecule has 1 aromatic heterocycles. The van der Waals surface area contributed by atoms with E-state index in [1.165, 1.54) is 0 Å². The Hall–Kier alpha value is -1.46. The summed E-state index contributed by atoms with van der Waals surface area (Å²) in [6.45, 7) is 8.08. The topological polar surface area (TPSA) is 46.9 Å². The number of nitrogens with zero attached hydrogens (tertiary/aromatic N) is 2. The van der Waals surface area contributed by atoms with E-state index in [0.29, 0.717) is 24.0 Å². The highest BCUT2D eigenvalue weighted by atomic mass is 79.9. The molecule has 2 aromatic rings. The number of hydrogen-bond acceptors (Lipinski definition) is 3. The van der Waals surface area contributed by atoms with Gasteiger partial charge >= 0.3 is 0 Å². The summed E-state index contributed by atoms with van der Waals surface area (Å²) in [5.41, 5.74) is 1.63. The summed E-state index contributed by atoms with van der Waals surface area (Å²) in [4.78, 5) is 16.6. The fourth-order valence-electron chi connectivity index (χ4n) is 1.84. The van der Waals surface area contributed by atoms with Gasteiger partial charge in [0, 0.05) is 17.6 Å². The molecular weight excluding hydrogens is 306 g/mol. The lowest BCUT2D eigenvalue weighted by Crippen LogP contribution is -2.25. The standard InChI is InChI=1S/C14H16BrN3O/c1-3-16-7-10(2)8-18-9-17-13-5-4-11(15)6-12(13)14(18)19/h4-6,9,16H,2-3,7-8H2,1H3. The van der Waals surface area contributed by atoms with Crippen molar-refractivity contribution in [3.05, 3.63) is 51.5 Å². The number of likely N-dealkylation sites (N-methyl/N-ethyl adjacent to an activating group) is 1. The van der Waals surface area contributed by atoms with E-state index in [4.69, 9.17) is 0 Å². The van der Waals surface area contributed by atoms with Crippen molar-refractivity contribution in [3.8, 4) is 0 Å². The van der Waals surface area contributed by atoms with Crippen molar-refractivity contribution in [1.29, 1.82) is 0 Å². The maximum Gasteiger partial charge on any atom is 0.261 e. The number of rotatable bonds is 5. The van der Waals surface area contributed by atoms with E-state index in [0.717, 1.165) is 16.6 Å². The van der Waals surface area contributed by atoms with Crippen LogP contribution in [0.2, 0.25) is 0 Å². The van der Waals surface area contributed by atoms with Crippen LogP contribution in [0.3, 0.4) is 0 Å². The van der Waals surface area contributed by atoms with E-state index < -0.39 is 0 Å². The zero-order valence-electron chi connectivity index (χ0n) is 10.8. The highest BCUT2D eigenvalue weighted by molar-refractivity contribution is 9.10. The molecule has 100 valence electrons. The molecule has 0 spiro atoms. The second-order valence-electron chi connectivity index (χ2n) is 4.37. The van der Waals surface area contributed by atoms with Crippen LogP contribution in [0, 0.1) is 0 Å². The lowest BCUT2D eigenvalue weighted by molar-refractivity contribution is 0.683. The molecule has 0 saturated heterocycles. The quantitative estimate of drug-likeness (QED) is 0.860. The largest absolute Gasteiger partial charge is 0.313 e. The molecule has 1 N–H and O–H groups in total. The van der Waals surface area contributed by atoms with Crippen molar-refractivity contribution in [3.63, 3.8) is 0 Å². The van der Waals surface area contributed by atoms with Crippen molar-refractivity contribution in [2.24, 2.45) is 0 Å². The van der Waals surface area contributed by atoms with Crippen LogP contribution in [-0.2, 0) is 6.54 Å². The zero-order valence-corrected chi connectivity index (χ0v) is 12.4. The molecule has 0 atom stereocenters. The van der Waals surface area contributed by atoms with Gasteiger partial charge in [-0.25, -0.2) is 4.98 Å². The summed E-state index contributed by atoms with van der Waals surface area (Å²) in [5, 5.41) is 3.81. The van der Waals surface area contributed by atoms with Crippen molar-refractivity contribution in [2.75, 3.05) is 13.1 Å². The van der Waals surface area contributed by atoms with E-state index >= 15 is 0 Å². The molecule has 0 aliphatic rings. The minimum Gasteiger partial charge on any atom is -0.313 e. The minimum absolute atomic E-state index is 0.0380. The predicted molar refractivity (Wildman–Crippen MR) is 81.4 cm³/mol. The molecule has 0 amide bonds. The predicted octanol–water partition coefficient (Wildman–Crippen LogP) is 2.32. The van der Waals surface area contributed by atoms with Gasteiger partial charge in [-0.15, -0.1) is 0 Å².